The van der Waals surface area contributed by atoms with Crippen LogP contribution >= 0.6 is 11.6 Å². The Morgan fingerprint density at radius 1 is 1.50 bits per heavy atom. The minimum absolute atomic E-state index is 0.0142. The van der Waals surface area contributed by atoms with E-state index in [-0.39, 0.29) is 23.9 Å². The number of hydrogen-bond donors (Lipinski definition) is 0. The predicted molar refractivity (Wildman–Crippen MR) is 55.2 cm³/mol. The van der Waals surface area contributed by atoms with E-state index < -0.39 is 0 Å². The Bertz CT molecular complexity index is 336. The van der Waals surface area contributed by atoms with E-state index >= 15 is 0 Å². The maximum Gasteiger partial charge on any atom is 0.151 e. The Kier molecular flexibility index (Phi) is 4.08. The van der Waals surface area contributed by atoms with Crippen molar-refractivity contribution in [3.05, 3.63) is 35.1 Å². The van der Waals surface area contributed by atoms with Gasteiger partial charge in [0.1, 0.15) is 5.82 Å². The molecule has 1 aromatic carbocycles. The minimum atomic E-state index is -0.243. The maximum atomic E-state index is 13.3. The van der Waals surface area contributed by atoms with Crippen molar-refractivity contribution in [1.82, 2.24) is 0 Å². The van der Waals surface area contributed by atoms with Crippen LogP contribution in [-0.4, -0.2) is 11.7 Å². The van der Waals surface area contributed by atoms with Gasteiger partial charge in [0.15, 0.2) is 5.78 Å². The average molecular weight is 215 g/mol. The third kappa shape index (κ3) is 2.55. The number of rotatable bonds is 4. The Hall–Kier alpha value is -0.890. The third-order valence-corrected chi connectivity index (χ3v) is 2.40. The normalized spacial score (nSPS) is 10.2. The Morgan fingerprint density at radius 2 is 2.21 bits per heavy atom. The van der Waals surface area contributed by atoms with Gasteiger partial charge in [0.2, 0.25) is 0 Å². The standard InChI is InChI=1S/C11H12ClFO/c1-2-10-8(6-9(14)7-12)4-3-5-11(10)13/h3-5H,2,6-7H2,1H3. The summed E-state index contributed by atoms with van der Waals surface area (Å²) in [4.78, 5) is 11.1. The fourth-order valence-corrected chi connectivity index (χ4v) is 1.52. The summed E-state index contributed by atoms with van der Waals surface area (Å²) in [6, 6.07) is 4.80. The molecule has 3 heteroatoms. The summed E-state index contributed by atoms with van der Waals surface area (Å²) in [6.45, 7) is 1.87. The lowest BCUT2D eigenvalue weighted by molar-refractivity contribution is -0.116. The number of alkyl halides is 1. The molecule has 1 nitrogen and oxygen atoms in total. The lowest BCUT2D eigenvalue weighted by Gasteiger charge is -2.06. The van der Waals surface area contributed by atoms with Gasteiger partial charge >= 0.3 is 0 Å². The van der Waals surface area contributed by atoms with Crippen LogP contribution in [0.15, 0.2) is 18.2 Å². The van der Waals surface area contributed by atoms with Gasteiger partial charge in [0.25, 0.3) is 0 Å². The van der Waals surface area contributed by atoms with Gasteiger partial charge in [0, 0.05) is 6.42 Å². The molecule has 0 N–H and O–H groups in total. The molecule has 0 unspecified atom stereocenters. The quantitative estimate of drug-likeness (QED) is 0.705. The molecule has 0 saturated heterocycles. The second kappa shape index (κ2) is 5.11. The first-order valence-electron chi connectivity index (χ1n) is 4.53. The number of ketones is 1. The van der Waals surface area contributed by atoms with Crippen molar-refractivity contribution < 1.29 is 9.18 Å². The van der Waals surface area contributed by atoms with Crippen LogP contribution in [0.5, 0.6) is 0 Å². The highest BCUT2D eigenvalue weighted by atomic mass is 35.5. The van der Waals surface area contributed by atoms with E-state index in [2.05, 4.69) is 0 Å². The molecule has 0 atom stereocenters. The van der Waals surface area contributed by atoms with Crippen molar-refractivity contribution in [3.8, 4) is 0 Å². The molecule has 0 amide bonds. The molecule has 0 aliphatic carbocycles. The van der Waals surface area contributed by atoms with Gasteiger partial charge in [-0.3, -0.25) is 4.79 Å². The number of Topliss-reactive ketones (excluding diaryl/α,β-unsaturated/α-hetero) is 1. The van der Waals surface area contributed by atoms with Gasteiger partial charge in [-0.2, -0.15) is 0 Å². The highest BCUT2D eigenvalue weighted by Crippen LogP contribution is 2.15. The lowest BCUT2D eigenvalue weighted by atomic mass is 10.0. The Balaban J connectivity index is 2.96. The first-order valence-corrected chi connectivity index (χ1v) is 5.06. The minimum Gasteiger partial charge on any atom is -0.298 e. The third-order valence-electron chi connectivity index (χ3n) is 2.11. The van der Waals surface area contributed by atoms with Crippen molar-refractivity contribution in [1.29, 1.82) is 0 Å². The molecule has 76 valence electrons. The van der Waals surface area contributed by atoms with Crippen molar-refractivity contribution in [2.45, 2.75) is 19.8 Å². The van der Waals surface area contributed by atoms with E-state index in [4.69, 9.17) is 11.6 Å². The molecule has 0 aliphatic heterocycles. The largest absolute Gasteiger partial charge is 0.298 e. The average Bonchev–Trinajstić information content (AvgIpc) is 2.18. The van der Waals surface area contributed by atoms with Crippen LogP contribution < -0.4 is 0 Å². The van der Waals surface area contributed by atoms with E-state index in [1.165, 1.54) is 6.07 Å². The van der Waals surface area contributed by atoms with Gasteiger partial charge in [-0.05, 0) is 23.6 Å². The van der Waals surface area contributed by atoms with Gasteiger partial charge in [-0.1, -0.05) is 19.1 Å². The zero-order valence-corrected chi connectivity index (χ0v) is 8.77. The maximum absolute atomic E-state index is 13.3. The molecule has 0 saturated carbocycles. The van der Waals surface area contributed by atoms with Crippen molar-refractivity contribution in [2.24, 2.45) is 0 Å². The number of carbonyl (C=O) groups excluding carboxylic acids is 1. The summed E-state index contributed by atoms with van der Waals surface area (Å²) in [5.41, 5.74) is 1.36. The topological polar surface area (TPSA) is 17.1 Å². The van der Waals surface area contributed by atoms with Crippen LogP contribution in [0.1, 0.15) is 18.1 Å². The lowest BCUT2D eigenvalue weighted by Crippen LogP contribution is -2.07. The molecule has 0 fully saturated rings. The van der Waals surface area contributed by atoms with Crippen molar-refractivity contribution >= 4 is 17.4 Å². The second-order valence-corrected chi connectivity index (χ2v) is 3.35. The molecule has 1 rings (SSSR count). The van der Waals surface area contributed by atoms with Crippen LogP contribution in [0.2, 0.25) is 0 Å². The van der Waals surface area contributed by atoms with Crippen molar-refractivity contribution in [2.75, 3.05) is 5.88 Å². The number of benzene rings is 1. The van der Waals surface area contributed by atoms with Gasteiger partial charge < -0.3 is 0 Å². The number of halogens is 2. The molecule has 0 spiro atoms. The first kappa shape index (κ1) is 11.2. The van der Waals surface area contributed by atoms with E-state index in [0.29, 0.717) is 12.0 Å². The Labute approximate surface area is 87.9 Å². The summed E-state index contributed by atoms with van der Waals surface area (Å²) >= 11 is 5.39. The predicted octanol–water partition coefficient (Wildman–Crippen LogP) is 2.74. The molecule has 0 aliphatic rings. The van der Waals surface area contributed by atoms with Crippen LogP contribution in [0.25, 0.3) is 0 Å². The monoisotopic (exact) mass is 214 g/mol. The summed E-state index contributed by atoms with van der Waals surface area (Å²) in [7, 11) is 0. The Morgan fingerprint density at radius 3 is 2.79 bits per heavy atom. The molecule has 0 radical (unpaired) electrons. The zero-order chi connectivity index (χ0) is 10.6. The first-order chi connectivity index (χ1) is 6.69. The number of hydrogen-bond acceptors (Lipinski definition) is 1. The second-order valence-electron chi connectivity index (χ2n) is 3.08. The van der Waals surface area contributed by atoms with Crippen LogP contribution in [-0.2, 0) is 17.6 Å². The zero-order valence-electron chi connectivity index (χ0n) is 8.02. The summed E-state index contributed by atoms with van der Waals surface area (Å²) < 4.78 is 13.3. The fraction of sp³-hybridized carbons (Fsp3) is 0.364. The smallest absolute Gasteiger partial charge is 0.151 e. The summed E-state index contributed by atoms with van der Waals surface area (Å²) in [6.07, 6.45) is 0.821. The van der Waals surface area contributed by atoms with Crippen LogP contribution in [0.4, 0.5) is 4.39 Å². The molecule has 14 heavy (non-hydrogen) atoms. The van der Waals surface area contributed by atoms with Crippen LogP contribution in [0.3, 0.4) is 0 Å². The SMILES string of the molecule is CCc1c(F)cccc1CC(=O)CCl. The van der Waals surface area contributed by atoms with E-state index in [1.807, 2.05) is 6.92 Å². The fourth-order valence-electron chi connectivity index (χ4n) is 1.42. The molecule has 0 bridgehead atoms. The van der Waals surface area contributed by atoms with Gasteiger partial charge in [-0.25, -0.2) is 4.39 Å². The van der Waals surface area contributed by atoms with E-state index in [0.717, 1.165) is 5.56 Å². The molecular formula is C11H12ClFO. The molecular weight excluding hydrogens is 203 g/mol. The van der Waals surface area contributed by atoms with Gasteiger partial charge in [0.05, 0.1) is 5.88 Å². The van der Waals surface area contributed by atoms with Crippen molar-refractivity contribution in [3.63, 3.8) is 0 Å². The van der Waals surface area contributed by atoms with E-state index in [1.54, 1.807) is 12.1 Å². The van der Waals surface area contributed by atoms with Gasteiger partial charge in [-0.15, -0.1) is 11.6 Å². The molecule has 0 aromatic heterocycles. The number of carbonyl (C=O) groups is 1. The summed E-state index contributed by atoms with van der Waals surface area (Å²) in [5.74, 6) is -0.334. The van der Waals surface area contributed by atoms with Crippen LogP contribution in [0, 0.1) is 5.82 Å². The molecule has 1 aromatic rings. The molecule has 0 heterocycles. The highest BCUT2D eigenvalue weighted by Gasteiger charge is 2.09. The highest BCUT2D eigenvalue weighted by molar-refractivity contribution is 6.27. The van der Waals surface area contributed by atoms with E-state index in [9.17, 15) is 9.18 Å². The summed E-state index contributed by atoms with van der Waals surface area (Å²) in [5, 5.41) is 0.